The van der Waals surface area contributed by atoms with Crippen molar-refractivity contribution in [2.75, 3.05) is 51.6 Å². The SMILES string of the molecule is CCC(CCN(C)CC(=O)O)C(=O)N1CCN(C(=O)c2ccc(NC(=O)c3ncc(-c4ccc(OC(F)F)c(F)c4F)n3C)cc2Cl)CC1. The second-order valence-corrected chi connectivity index (χ2v) is 11.8. The van der Waals surface area contributed by atoms with Gasteiger partial charge in [-0.05, 0) is 56.8 Å². The highest BCUT2D eigenvalue weighted by molar-refractivity contribution is 6.34. The first kappa shape index (κ1) is 37.1. The summed E-state index contributed by atoms with van der Waals surface area (Å²) in [7, 11) is 3.07. The third-order valence-corrected chi connectivity index (χ3v) is 8.49. The van der Waals surface area contributed by atoms with Gasteiger partial charge in [-0.1, -0.05) is 18.5 Å². The molecule has 1 saturated heterocycles. The Labute approximate surface area is 284 Å². The number of halogens is 5. The molecule has 1 aliphatic heterocycles. The van der Waals surface area contributed by atoms with Gasteiger partial charge in [0.25, 0.3) is 11.8 Å². The van der Waals surface area contributed by atoms with E-state index in [1.807, 2.05) is 6.92 Å². The molecular formula is C32H35ClF4N6O6. The van der Waals surface area contributed by atoms with Crippen molar-refractivity contribution in [3.63, 3.8) is 0 Å². The van der Waals surface area contributed by atoms with Gasteiger partial charge in [-0.2, -0.15) is 13.2 Å². The van der Waals surface area contributed by atoms with E-state index >= 15 is 0 Å². The third-order valence-electron chi connectivity index (χ3n) is 8.17. The number of hydrogen-bond donors (Lipinski definition) is 2. The van der Waals surface area contributed by atoms with Crippen LogP contribution in [-0.4, -0.2) is 106 Å². The normalized spacial score (nSPS) is 13.9. The number of nitrogens with one attached hydrogen (secondary N) is 1. The number of imidazole rings is 1. The van der Waals surface area contributed by atoms with Crippen molar-refractivity contribution in [2.45, 2.75) is 26.4 Å². The monoisotopic (exact) mass is 710 g/mol. The predicted octanol–water partition coefficient (Wildman–Crippen LogP) is 4.59. The van der Waals surface area contributed by atoms with Crippen LogP contribution in [0.1, 0.15) is 40.7 Å². The van der Waals surface area contributed by atoms with Gasteiger partial charge in [-0.3, -0.25) is 24.1 Å². The Balaban J connectivity index is 1.36. The summed E-state index contributed by atoms with van der Waals surface area (Å²) in [5.74, 6) is -6.57. The summed E-state index contributed by atoms with van der Waals surface area (Å²) >= 11 is 6.44. The Morgan fingerprint density at radius 1 is 1.06 bits per heavy atom. The molecule has 1 aromatic heterocycles. The lowest BCUT2D eigenvalue weighted by molar-refractivity contribution is -0.138. The summed E-state index contributed by atoms with van der Waals surface area (Å²) in [4.78, 5) is 59.3. The van der Waals surface area contributed by atoms with E-state index < -0.39 is 35.9 Å². The van der Waals surface area contributed by atoms with Crippen molar-refractivity contribution >= 4 is 41.0 Å². The summed E-state index contributed by atoms with van der Waals surface area (Å²) in [6.07, 6.45) is 2.24. The van der Waals surface area contributed by atoms with Crippen LogP contribution in [0.4, 0.5) is 23.2 Å². The first-order valence-corrected chi connectivity index (χ1v) is 15.6. The first-order chi connectivity index (χ1) is 23.2. The van der Waals surface area contributed by atoms with Gasteiger partial charge < -0.3 is 29.5 Å². The highest BCUT2D eigenvalue weighted by atomic mass is 35.5. The second kappa shape index (κ2) is 16.1. The molecule has 0 saturated carbocycles. The van der Waals surface area contributed by atoms with Crippen molar-refractivity contribution in [1.29, 1.82) is 0 Å². The lowest BCUT2D eigenvalue weighted by Crippen LogP contribution is -2.52. The van der Waals surface area contributed by atoms with Gasteiger partial charge in [0.15, 0.2) is 17.4 Å². The van der Waals surface area contributed by atoms with Crippen molar-refractivity contribution in [3.8, 4) is 17.0 Å². The number of anilines is 1. The molecule has 2 heterocycles. The van der Waals surface area contributed by atoms with E-state index in [1.165, 1.54) is 29.8 Å². The van der Waals surface area contributed by atoms with E-state index in [0.717, 1.165) is 18.3 Å². The number of nitrogens with zero attached hydrogens (tertiary/aromatic N) is 5. The highest BCUT2D eigenvalue weighted by Gasteiger charge is 2.30. The maximum Gasteiger partial charge on any atom is 0.387 e. The summed E-state index contributed by atoms with van der Waals surface area (Å²) in [6.45, 7) is 0.125. The molecule has 3 amide bonds. The molecule has 1 aliphatic rings. The number of carboxylic acids is 1. The molecule has 49 heavy (non-hydrogen) atoms. The van der Waals surface area contributed by atoms with Crippen LogP contribution in [0.2, 0.25) is 5.02 Å². The number of alkyl halides is 2. The van der Waals surface area contributed by atoms with Gasteiger partial charge in [0.2, 0.25) is 11.7 Å². The molecular weight excluding hydrogens is 676 g/mol. The van der Waals surface area contributed by atoms with Crippen LogP contribution in [0, 0.1) is 17.6 Å². The number of aliphatic carboxylic acids is 1. The molecule has 2 aromatic carbocycles. The molecule has 17 heteroatoms. The number of carboxylic acid groups (broad SMARTS) is 1. The summed E-state index contributed by atoms with van der Waals surface area (Å²) < 4.78 is 59.1. The van der Waals surface area contributed by atoms with Gasteiger partial charge in [0.05, 0.1) is 29.0 Å². The number of aromatic nitrogens is 2. The van der Waals surface area contributed by atoms with Crippen molar-refractivity contribution in [3.05, 3.63) is 64.6 Å². The maximum atomic E-state index is 14.7. The topological polar surface area (TPSA) is 137 Å². The zero-order valence-corrected chi connectivity index (χ0v) is 27.6. The lowest BCUT2D eigenvalue weighted by atomic mass is 9.99. The fraction of sp³-hybridized carbons (Fsp3) is 0.406. The first-order valence-electron chi connectivity index (χ1n) is 15.3. The summed E-state index contributed by atoms with van der Waals surface area (Å²) in [5.41, 5.74) is 0.0509. The number of piperazine rings is 1. The van der Waals surface area contributed by atoms with Crippen LogP contribution in [-0.2, 0) is 16.6 Å². The van der Waals surface area contributed by atoms with E-state index in [1.54, 1.807) is 21.7 Å². The number of rotatable bonds is 13. The van der Waals surface area contributed by atoms with E-state index in [0.29, 0.717) is 32.5 Å². The molecule has 0 radical (unpaired) electrons. The van der Waals surface area contributed by atoms with Crippen LogP contribution in [0.25, 0.3) is 11.3 Å². The Morgan fingerprint density at radius 2 is 1.73 bits per heavy atom. The highest BCUT2D eigenvalue weighted by Crippen LogP contribution is 2.31. The fourth-order valence-corrected chi connectivity index (χ4v) is 5.75. The third kappa shape index (κ3) is 8.86. The number of amides is 3. The lowest BCUT2D eigenvalue weighted by Gasteiger charge is -2.36. The molecule has 3 aromatic rings. The van der Waals surface area contributed by atoms with E-state index in [9.17, 15) is 36.7 Å². The van der Waals surface area contributed by atoms with E-state index in [-0.39, 0.29) is 70.7 Å². The molecule has 12 nitrogen and oxygen atoms in total. The van der Waals surface area contributed by atoms with Gasteiger partial charge >= 0.3 is 12.6 Å². The molecule has 0 spiro atoms. The largest absolute Gasteiger partial charge is 0.480 e. The van der Waals surface area contributed by atoms with Gasteiger partial charge in [0.1, 0.15) is 0 Å². The minimum atomic E-state index is -3.35. The van der Waals surface area contributed by atoms with Gasteiger partial charge in [-0.15, -0.1) is 0 Å². The molecule has 2 N–H and O–H groups in total. The fourth-order valence-electron chi connectivity index (χ4n) is 5.49. The molecule has 0 bridgehead atoms. The van der Waals surface area contributed by atoms with Crippen LogP contribution in [0.15, 0.2) is 36.5 Å². The Hall–Kier alpha value is -4.70. The van der Waals surface area contributed by atoms with Crippen LogP contribution in [0.5, 0.6) is 5.75 Å². The number of benzene rings is 2. The summed E-state index contributed by atoms with van der Waals surface area (Å²) in [5, 5.41) is 11.6. The zero-order valence-electron chi connectivity index (χ0n) is 26.9. The zero-order chi connectivity index (χ0) is 36.0. The number of hydrogen-bond acceptors (Lipinski definition) is 7. The molecule has 1 fully saturated rings. The Bertz CT molecular complexity index is 1720. The Morgan fingerprint density at radius 3 is 2.35 bits per heavy atom. The number of carbonyl (C=O) groups excluding carboxylic acids is 3. The van der Waals surface area contributed by atoms with E-state index in [4.69, 9.17) is 16.7 Å². The molecule has 4 rings (SSSR count). The average molecular weight is 711 g/mol. The molecule has 264 valence electrons. The van der Waals surface area contributed by atoms with Crippen molar-refractivity contribution in [2.24, 2.45) is 13.0 Å². The molecule has 1 unspecified atom stereocenters. The van der Waals surface area contributed by atoms with Crippen LogP contribution in [0.3, 0.4) is 0 Å². The molecule has 0 aliphatic carbocycles. The van der Waals surface area contributed by atoms with Crippen LogP contribution < -0.4 is 10.1 Å². The second-order valence-electron chi connectivity index (χ2n) is 11.4. The predicted molar refractivity (Wildman–Crippen MR) is 171 cm³/mol. The quantitative estimate of drug-likeness (QED) is 0.246. The minimum absolute atomic E-state index is 0.0144. The average Bonchev–Trinajstić information content (AvgIpc) is 3.43. The minimum Gasteiger partial charge on any atom is -0.480 e. The number of likely N-dealkylation sites (N-methyl/N-ethyl adjacent to an activating group) is 1. The van der Waals surface area contributed by atoms with Gasteiger partial charge in [0, 0.05) is 50.4 Å². The number of ether oxygens (including phenoxy) is 1. The van der Waals surface area contributed by atoms with Crippen molar-refractivity contribution in [1.82, 2.24) is 24.3 Å². The van der Waals surface area contributed by atoms with E-state index in [2.05, 4.69) is 15.0 Å². The van der Waals surface area contributed by atoms with Crippen molar-refractivity contribution < 1.29 is 46.6 Å². The number of carbonyl (C=O) groups is 4. The van der Waals surface area contributed by atoms with Gasteiger partial charge in [-0.25, -0.2) is 9.37 Å². The molecule has 1 atom stereocenters. The smallest absolute Gasteiger partial charge is 0.387 e. The van der Waals surface area contributed by atoms with Crippen LogP contribution >= 0.6 is 11.6 Å². The Kier molecular flexibility index (Phi) is 12.2. The summed E-state index contributed by atoms with van der Waals surface area (Å²) in [6, 6.07) is 6.15. The standard InChI is InChI=1S/C32H35ClF4N6O6/c1-4-18(9-10-40(2)17-25(44)45)30(47)42-11-13-43(14-12-42)31(48)20-6-5-19(15-22(20)33)39-29(46)28-38-16-23(41(28)3)21-7-8-24(49-32(36)37)27(35)26(21)34/h5-8,15-16,18,32H,4,9-14,17H2,1-3H3,(H,39,46)(H,44,45). The maximum absolute atomic E-state index is 14.7.